The molecule has 1 aromatic rings. The second-order valence-corrected chi connectivity index (χ2v) is 5.75. The molecular weight excluding hydrogens is 301 g/mol. The maximum absolute atomic E-state index is 12.1. The highest BCUT2D eigenvalue weighted by molar-refractivity contribution is 6.42. The lowest BCUT2D eigenvalue weighted by atomic mass is 10.1. The molecule has 1 heterocycles. The number of carbonyl (C=O) groups excluding carboxylic acids is 1. The standard InChI is InChI=1S/C14H15Cl2NO3/c15-10-3-1-8-9(13(10)16)2-4-11(8)17-14(18)12-7-19-5-6-20-12/h1,3,11-12H,2,4-7H2,(H,17,18)/t11-,12+/m0/s1. The van der Waals surface area contributed by atoms with E-state index in [1.807, 2.05) is 6.07 Å². The van der Waals surface area contributed by atoms with Crippen LogP contribution in [0.15, 0.2) is 12.1 Å². The van der Waals surface area contributed by atoms with Crippen molar-refractivity contribution in [3.63, 3.8) is 0 Å². The molecule has 1 aromatic carbocycles. The second kappa shape index (κ2) is 5.90. The van der Waals surface area contributed by atoms with Crippen molar-refractivity contribution in [1.29, 1.82) is 0 Å². The molecule has 108 valence electrons. The van der Waals surface area contributed by atoms with E-state index in [1.54, 1.807) is 6.07 Å². The third kappa shape index (κ3) is 2.66. The van der Waals surface area contributed by atoms with Gasteiger partial charge in [-0.1, -0.05) is 29.3 Å². The van der Waals surface area contributed by atoms with E-state index in [4.69, 9.17) is 32.7 Å². The smallest absolute Gasteiger partial charge is 0.252 e. The number of nitrogens with one attached hydrogen (secondary N) is 1. The molecule has 2 atom stereocenters. The van der Waals surface area contributed by atoms with E-state index < -0.39 is 6.10 Å². The summed E-state index contributed by atoms with van der Waals surface area (Å²) in [5.41, 5.74) is 2.08. The zero-order valence-electron chi connectivity index (χ0n) is 10.8. The largest absolute Gasteiger partial charge is 0.376 e. The number of carbonyl (C=O) groups is 1. The van der Waals surface area contributed by atoms with E-state index in [9.17, 15) is 4.79 Å². The molecule has 1 fully saturated rings. The Balaban J connectivity index is 1.72. The first-order valence-electron chi connectivity index (χ1n) is 6.63. The van der Waals surface area contributed by atoms with Gasteiger partial charge in [0.25, 0.3) is 5.91 Å². The molecule has 1 aliphatic heterocycles. The Morgan fingerprint density at radius 1 is 1.30 bits per heavy atom. The minimum Gasteiger partial charge on any atom is -0.376 e. The van der Waals surface area contributed by atoms with Crippen molar-refractivity contribution in [1.82, 2.24) is 5.32 Å². The van der Waals surface area contributed by atoms with E-state index in [2.05, 4.69) is 5.32 Å². The summed E-state index contributed by atoms with van der Waals surface area (Å²) >= 11 is 12.2. The molecular formula is C14H15Cl2NO3. The number of fused-ring (bicyclic) bond motifs is 1. The highest BCUT2D eigenvalue weighted by Crippen LogP contribution is 2.39. The first-order chi connectivity index (χ1) is 9.66. The van der Waals surface area contributed by atoms with E-state index in [1.165, 1.54) is 0 Å². The van der Waals surface area contributed by atoms with Gasteiger partial charge in [0, 0.05) is 0 Å². The van der Waals surface area contributed by atoms with Gasteiger partial charge in [-0.15, -0.1) is 0 Å². The predicted molar refractivity (Wildman–Crippen MR) is 76.2 cm³/mol. The van der Waals surface area contributed by atoms with Gasteiger partial charge in [-0.2, -0.15) is 0 Å². The van der Waals surface area contributed by atoms with E-state index in [0.717, 1.165) is 24.0 Å². The van der Waals surface area contributed by atoms with Crippen molar-refractivity contribution < 1.29 is 14.3 Å². The molecule has 0 aromatic heterocycles. The van der Waals surface area contributed by atoms with Crippen LogP contribution in [0.1, 0.15) is 23.6 Å². The fourth-order valence-electron chi connectivity index (χ4n) is 2.69. The van der Waals surface area contributed by atoms with Crippen molar-refractivity contribution in [2.24, 2.45) is 0 Å². The van der Waals surface area contributed by atoms with Gasteiger partial charge in [-0.3, -0.25) is 4.79 Å². The Morgan fingerprint density at radius 3 is 2.90 bits per heavy atom. The van der Waals surface area contributed by atoms with Crippen LogP contribution in [0.2, 0.25) is 10.0 Å². The van der Waals surface area contributed by atoms with Gasteiger partial charge in [0.05, 0.1) is 35.9 Å². The topological polar surface area (TPSA) is 47.6 Å². The maximum atomic E-state index is 12.1. The molecule has 6 heteroatoms. The zero-order valence-corrected chi connectivity index (χ0v) is 12.3. The molecule has 2 aliphatic rings. The summed E-state index contributed by atoms with van der Waals surface area (Å²) in [7, 11) is 0. The van der Waals surface area contributed by atoms with E-state index in [0.29, 0.717) is 29.9 Å². The van der Waals surface area contributed by atoms with Crippen LogP contribution in [0.25, 0.3) is 0 Å². The highest BCUT2D eigenvalue weighted by atomic mass is 35.5. The Morgan fingerprint density at radius 2 is 2.15 bits per heavy atom. The third-order valence-corrected chi connectivity index (χ3v) is 4.56. The summed E-state index contributed by atoms with van der Waals surface area (Å²) in [5, 5.41) is 4.16. The van der Waals surface area contributed by atoms with Gasteiger partial charge in [0.1, 0.15) is 0 Å². The van der Waals surface area contributed by atoms with Crippen molar-refractivity contribution in [3.8, 4) is 0 Å². The normalized spacial score (nSPS) is 25.3. The highest BCUT2D eigenvalue weighted by Gasteiger charge is 2.30. The van der Waals surface area contributed by atoms with Gasteiger partial charge >= 0.3 is 0 Å². The van der Waals surface area contributed by atoms with Gasteiger partial charge in [0.2, 0.25) is 0 Å². The molecule has 0 unspecified atom stereocenters. The molecule has 0 saturated carbocycles. The quantitative estimate of drug-likeness (QED) is 0.912. The Labute approximate surface area is 127 Å². The molecule has 0 radical (unpaired) electrons. The van der Waals surface area contributed by atoms with Crippen LogP contribution in [-0.4, -0.2) is 31.8 Å². The van der Waals surface area contributed by atoms with E-state index >= 15 is 0 Å². The van der Waals surface area contributed by atoms with Gasteiger partial charge in [-0.25, -0.2) is 0 Å². The van der Waals surface area contributed by atoms with Crippen LogP contribution in [0.4, 0.5) is 0 Å². The van der Waals surface area contributed by atoms with Crippen molar-refractivity contribution in [3.05, 3.63) is 33.3 Å². The van der Waals surface area contributed by atoms with Crippen molar-refractivity contribution >= 4 is 29.1 Å². The van der Waals surface area contributed by atoms with Crippen LogP contribution in [0.3, 0.4) is 0 Å². The predicted octanol–water partition coefficient (Wildman–Crippen LogP) is 2.51. The van der Waals surface area contributed by atoms with Gasteiger partial charge in [-0.05, 0) is 30.0 Å². The van der Waals surface area contributed by atoms with Crippen LogP contribution >= 0.6 is 23.2 Å². The third-order valence-electron chi connectivity index (χ3n) is 3.72. The molecule has 1 amide bonds. The summed E-state index contributed by atoms with van der Waals surface area (Å²) in [6.45, 7) is 1.32. The maximum Gasteiger partial charge on any atom is 0.252 e. The average molecular weight is 316 g/mol. The molecule has 1 N–H and O–H groups in total. The SMILES string of the molecule is O=C(N[C@H]1CCc2c1ccc(Cl)c2Cl)[C@H]1COCCO1. The lowest BCUT2D eigenvalue weighted by Crippen LogP contribution is -2.43. The zero-order chi connectivity index (χ0) is 14.1. The summed E-state index contributed by atoms with van der Waals surface area (Å²) in [6, 6.07) is 3.67. The molecule has 4 nitrogen and oxygen atoms in total. The summed E-state index contributed by atoms with van der Waals surface area (Å²) in [4.78, 5) is 12.1. The number of hydrogen-bond donors (Lipinski definition) is 1. The number of amides is 1. The summed E-state index contributed by atoms with van der Waals surface area (Å²) in [6.07, 6.45) is 1.13. The lowest BCUT2D eigenvalue weighted by molar-refractivity contribution is -0.148. The fraction of sp³-hybridized carbons (Fsp3) is 0.500. The Bertz CT molecular complexity index is 529. The minimum atomic E-state index is -0.518. The molecule has 1 saturated heterocycles. The Hall–Kier alpha value is -0.810. The summed E-state index contributed by atoms with van der Waals surface area (Å²) in [5.74, 6) is -0.131. The monoisotopic (exact) mass is 315 g/mol. The first-order valence-corrected chi connectivity index (χ1v) is 7.39. The number of ether oxygens (including phenoxy) is 2. The lowest BCUT2D eigenvalue weighted by Gasteiger charge is -2.24. The molecule has 1 aliphatic carbocycles. The van der Waals surface area contributed by atoms with Crippen LogP contribution in [0, 0.1) is 0 Å². The summed E-state index contributed by atoms with van der Waals surface area (Å²) < 4.78 is 10.6. The minimum absolute atomic E-state index is 0.0298. The Kier molecular flexibility index (Phi) is 4.17. The number of rotatable bonds is 2. The number of halogens is 2. The first kappa shape index (κ1) is 14.1. The number of benzene rings is 1. The molecule has 0 spiro atoms. The average Bonchev–Trinajstić information content (AvgIpc) is 2.87. The van der Waals surface area contributed by atoms with Crippen molar-refractivity contribution in [2.75, 3.05) is 19.8 Å². The molecule has 0 bridgehead atoms. The molecule has 20 heavy (non-hydrogen) atoms. The van der Waals surface area contributed by atoms with Crippen LogP contribution in [-0.2, 0) is 20.7 Å². The van der Waals surface area contributed by atoms with Crippen LogP contribution < -0.4 is 5.32 Å². The van der Waals surface area contributed by atoms with Crippen LogP contribution in [0.5, 0.6) is 0 Å². The van der Waals surface area contributed by atoms with Gasteiger partial charge < -0.3 is 14.8 Å². The van der Waals surface area contributed by atoms with E-state index in [-0.39, 0.29) is 11.9 Å². The van der Waals surface area contributed by atoms with Crippen molar-refractivity contribution in [2.45, 2.75) is 25.0 Å². The fourth-order valence-corrected chi connectivity index (χ4v) is 3.13. The second-order valence-electron chi connectivity index (χ2n) is 4.96. The number of hydrogen-bond acceptors (Lipinski definition) is 3. The van der Waals surface area contributed by atoms with Gasteiger partial charge in [0.15, 0.2) is 6.10 Å². The molecule has 3 rings (SSSR count).